The van der Waals surface area contributed by atoms with Crippen molar-refractivity contribution in [1.29, 1.82) is 0 Å². The van der Waals surface area contributed by atoms with Crippen LogP contribution in [-0.4, -0.2) is 25.8 Å². The average Bonchev–Trinajstić information content (AvgIpc) is 2.62. The largest absolute Gasteiger partial charge is 0.487 e. The Morgan fingerprint density at radius 2 is 1.87 bits per heavy atom. The Balaban J connectivity index is 1.70. The van der Waals surface area contributed by atoms with Crippen molar-refractivity contribution in [2.75, 3.05) is 24.6 Å². The summed E-state index contributed by atoms with van der Waals surface area (Å²) in [6, 6.07) is 18.6. The highest BCUT2D eigenvalue weighted by Gasteiger charge is 2.22. The highest BCUT2D eigenvalue weighted by molar-refractivity contribution is 5.58. The summed E-state index contributed by atoms with van der Waals surface area (Å²) >= 11 is 0. The quantitative estimate of drug-likeness (QED) is 0.795. The first-order valence-electron chi connectivity index (χ1n) is 8.49. The first-order valence-corrected chi connectivity index (χ1v) is 8.49. The molecule has 0 aromatic heterocycles. The van der Waals surface area contributed by atoms with E-state index in [4.69, 9.17) is 9.47 Å². The van der Waals surface area contributed by atoms with Crippen LogP contribution in [0, 0.1) is 0 Å². The first kappa shape index (κ1) is 15.9. The van der Waals surface area contributed by atoms with E-state index in [0.717, 1.165) is 38.3 Å². The molecule has 1 heterocycles. The monoisotopic (exact) mass is 311 g/mol. The van der Waals surface area contributed by atoms with Gasteiger partial charge in [-0.05, 0) is 24.1 Å². The van der Waals surface area contributed by atoms with Crippen LogP contribution in [0.3, 0.4) is 0 Å². The lowest BCUT2D eigenvalue weighted by molar-refractivity contribution is 0.0346. The van der Waals surface area contributed by atoms with Crippen molar-refractivity contribution in [2.45, 2.75) is 32.5 Å². The maximum absolute atomic E-state index is 6.09. The molecule has 3 heteroatoms. The minimum Gasteiger partial charge on any atom is -0.487 e. The minimum atomic E-state index is 0.330. The molecule has 122 valence electrons. The molecule has 0 amide bonds. The van der Waals surface area contributed by atoms with Crippen LogP contribution in [0.4, 0.5) is 5.69 Å². The van der Waals surface area contributed by atoms with Crippen LogP contribution in [0.5, 0.6) is 5.75 Å². The van der Waals surface area contributed by atoms with E-state index in [9.17, 15) is 0 Å². The van der Waals surface area contributed by atoms with Crippen molar-refractivity contribution in [3.05, 3.63) is 60.2 Å². The van der Waals surface area contributed by atoms with Crippen molar-refractivity contribution in [1.82, 2.24) is 0 Å². The van der Waals surface area contributed by atoms with Crippen LogP contribution in [0.15, 0.2) is 54.6 Å². The maximum Gasteiger partial charge on any atom is 0.143 e. The summed E-state index contributed by atoms with van der Waals surface area (Å²) in [7, 11) is 0. The summed E-state index contributed by atoms with van der Waals surface area (Å²) in [5, 5.41) is 0. The van der Waals surface area contributed by atoms with Gasteiger partial charge in [-0.3, -0.25) is 0 Å². The van der Waals surface area contributed by atoms with Crippen LogP contribution in [0.1, 0.15) is 25.3 Å². The summed E-state index contributed by atoms with van der Waals surface area (Å²) < 4.78 is 11.9. The zero-order chi connectivity index (χ0) is 15.9. The van der Waals surface area contributed by atoms with Crippen LogP contribution < -0.4 is 9.64 Å². The lowest BCUT2D eigenvalue weighted by atomic mass is 10.1. The third kappa shape index (κ3) is 4.26. The Morgan fingerprint density at radius 1 is 1.09 bits per heavy atom. The number of benzene rings is 2. The van der Waals surface area contributed by atoms with E-state index in [1.54, 1.807) is 0 Å². The summed E-state index contributed by atoms with van der Waals surface area (Å²) in [6.45, 7) is 5.46. The van der Waals surface area contributed by atoms with E-state index < -0.39 is 0 Å². The van der Waals surface area contributed by atoms with Gasteiger partial charge in [-0.2, -0.15) is 0 Å². The zero-order valence-electron chi connectivity index (χ0n) is 13.8. The molecule has 0 N–H and O–H groups in total. The maximum atomic E-state index is 6.09. The third-order valence-electron chi connectivity index (χ3n) is 4.19. The number of ether oxygens (including phenoxy) is 2. The topological polar surface area (TPSA) is 21.7 Å². The zero-order valence-corrected chi connectivity index (χ0v) is 13.8. The van der Waals surface area contributed by atoms with E-state index in [1.165, 1.54) is 11.3 Å². The number of para-hydroxylation sites is 2. The normalized spacial score (nSPS) is 18.0. The Labute approximate surface area is 138 Å². The van der Waals surface area contributed by atoms with Gasteiger partial charge >= 0.3 is 0 Å². The molecule has 3 nitrogen and oxygen atoms in total. The van der Waals surface area contributed by atoms with E-state index in [-0.39, 0.29) is 0 Å². The summed E-state index contributed by atoms with van der Waals surface area (Å²) in [5.41, 5.74) is 2.36. The molecule has 3 rings (SSSR count). The van der Waals surface area contributed by atoms with Gasteiger partial charge in [-0.15, -0.1) is 0 Å². The Hall–Kier alpha value is -2.00. The highest BCUT2D eigenvalue weighted by atomic mass is 16.5. The van der Waals surface area contributed by atoms with Gasteiger partial charge in [0.1, 0.15) is 12.4 Å². The molecule has 0 spiro atoms. The molecular formula is C20H25NO2. The second-order valence-corrected chi connectivity index (χ2v) is 5.97. The van der Waals surface area contributed by atoms with Gasteiger partial charge in [0.15, 0.2) is 0 Å². The Kier molecular flexibility index (Phi) is 5.54. The molecule has 23 heavy (non-hydrogen) atoms. The number of hydrogen-bond donors (Lipinski definition) is 0. The highest BCUT2D eigenvalue weighted by Crippen LogP contribution is 2.30. The van der Waals surface area contributed by atoms with Gasteiger partial charge in [-0.25, -0.2) is 0 Å². The van der Waals surface area contributed by atoms with Crippen molar-refractivity contribution >= 4 is 5.69 Å². The fourth-order valence-corrected chi connectivity index (χ4v) is 3.01. The predicted octanol–water partition coefficient (Wildman–Crippen LogP) is 4.27. The standard InChI is InChI=1S/C20H25NO2/c1-2-8-18-15-21(13-14-22-18)19-11-6-7-12-20(19)23-16-17-9-4-3-5-10-17/h3-7,9-12,18H,2,8,13-16H2,1H3. The number of nitrogens with zero attached hydrogens (tertiary/aromatic N) is 1. The third-order valence-corrected chi connectivity index (χ3v) is 4.19. The molecule has 1 unspecified atom stereocenters. The van der Waals surface area contributed by atoms with Crippen LogP contribution in [0.25, 0.3) is 0 Å². The minimum absolute atomic E-state index is 0.330. The molecule has 2 aromatic rings. The lowest BCUT2D eigenvalue weighted by Gasteiger charge is -2.35. The number of anilines is 1. The van der Waals surface area contributed by atoms with E-state index >= 15 is 0 Å². The molecule has 1 saturated heterocycles. The molecular weight excluding hydrogens is 286 g/mol. The smallest absolute Gasteiger partial charge is 0.143 e. The molecule has 0 radical (unpaired) electrons. The van der Waals surface area contributed by atoms with E-state index in [0.29, 0.717) is 12.7 Å². The fourth-order valence-electron chi connectivity index (χ4n) is 3.01. The second kappa shape index (κ2) is 8.02. The number of rotatable bonds is 6. The van der Waals surface area contributed by atoms with Crippen LogP contribution >= 0.6 is 0 Å². The SMILES string of the molecule is CCCC1CN(c2ccccc2OCc2ccccc2)CCO1. The molecule has 0 aliphatic carbocycles. The molecule has 1 aliphatic heterocycles. The van der Waals surface area contributed by atoms with Crippen molar-refractivity contribution in [3.8, 4) is 5.75 Å². The van der Waals surface area contributed by atoms with Gasteiger partial charge in [0.25, 0.3) is 0 Å². The molecule has 0 saturated carbocycles. The van der Waals surface area contributed by atoms with Crippen molar-refractivity contribution < 1.29 is 9.47 Å². The van der Waals surface area contributed by atoms with Gasteiger partial charge in [0.05, 0.1) is 18.4 Å². The van der Waals surface area contributed by atoms with Crippen LogP contribution in [0.2, 0.25) is 0 Å². The van der Waals surface area contributed by atoms with E-state index in [1.807, 2.05) is 24.3 Å². The van der Waals surface area contributed by atoms with Gasteiger partial charge in [0.2, 0.25) is 0 Å². The van der Waals surface area contributed by atoms with Crippen molar-refractivity contribution in [2.24, 2.45) is 0 Å². The molecule has 1 atom stereocenters. The summed E-state index contributed by atoms with van der Waals surface area (Å²) in [6.07, 6.45) is 2.60. The van der Waals surface area contributed by atoms with Crippen LogP contribution in [-0.2, 0) is 11.3 Å². The van der Waals surface area contributed by atoms with Gasteiger partial charge in [0, 0.05) is 13.1 Å². The summed E-state index contributed by atoms with van der Waals surface area (Å²) in [4.78, 5) is 2.39. The lowest BCUT2D eigenvalue weighted by Crippen LogP contribution is -2.42. The van der Waals surface area contributed by atoms with E-state index in [2.05, 4.69) is 42.2 Å². The summed E-state index contributed by atoms with van der Waals surface area (Å²) in [5.74, 6) is 0.952. The predicted molar refractivity (Wildman–Crippen MR) is 94.1 cm³/mol. The Morgan fingerprint density at radius 3 is 2.70 bits per heavy atom. The van der Waals surface area contributed by atoms with Gasteiger partial charge in [-0.1, -0.05) is 55.8 Å². The molecule has 2 aromatic carbocycles. The average molecular weight is 311 g/mol. The fraction of sp³-hybridized carbons (Fsp3) is 0.400. The van der Waals surface area contributed by atoms with Crippen molar-refractivity contribution in [3.63, 3.8) is 0 Å². The molecule has 1 aliphatic rings. The number of morpholine rings is 1. The van der Waals surface area contributed by atoms with Gasteiger partial charge < -0.3 is 14.4 Å². The number of hydrogen-bond acceptors (Lipinski definition) is 3. The molecule has 0 bridgehead atoms. The second-order valence-electron chi connectivity index (χ2n) is 5.97. The molecule has 1 fully saturated rings. The first-order chi connectivity index (χ1) is 11.4. The Bertz CT molecular complexity index is 598.